The molecule has 1 aromatic heterocycles. The lowest BCUT2D eigenvalue weighted by molar-refractivity contribution is 0.631. The van der Waals surface area contributed by atoms with E-state index in [9.17, 15) is 0 Å². The number of aryl methyl sites for hydroxylation is 1. The van der Waals surface area contributed by atoms with E-state index >= 15 is 0 Å². The summed E-state index contributed by atoms with van der Waals surface area (Å²) in [7, 11) is 0. The van der Waals surface area contributed by atoms with Crippen molar-refractivity contribution in [2.75, 3.05) is 0 Å². The predicted octanol–water partition coefficient (Wildman–Crippen LogP) is 2.33. The van der Waals surface area contributed by atoms with Crippen LogP contribution in [0.3, 0.4) is 0 Å². The van der Waals surface area contributed by atoms with Crippen LogP contribution in [0, 0.1) is 0 Å². The van der Waals surface area contributed by atoms with Gasteiger partial charge in [0.1, 0.15) is 0 Å². The molecule has 0 aliphatic carbocycles. The third-order valence-corrected chi connectivity index (χ3v) is 1.63. The quantitative estimate of drug-likeness (QED) is 0.644. The van der Waals surface area contributed by atoms with E-state index < -0.39 is 0 Å². The van der Waals surface area contributed by atoms with Crippen molar-refractivity contribution < 1.29 is 0 Å². The molecule has 0 aliphatic heterocycles. The minimum absolute atomic E-state index is 0.959. The minimum atomic E-state index is 0.959. The first-order valence-corrected chi connectivity index (χ1v) is 4.01. The van der Waals surface area contributed by atoms with Gasteiger partial charge in [0.25, 0.3) is 0 Å². The summed E-state index contributed by atoms with van der Waals surface area (Å²) in [4.78, 5) is 4.13. The molecule has 0 aliphatic rings. The molecule has 0 spiro atoms. The molecule has 0 amide bonds. The summed E-state index contributed by atoms with van der Waals surface area (Å²) in [6, 6.07) is 0. The monoisotopic (exact) mass is 150 g/mol. The van der Waals surface area contributed by atoms with E-state index in [0.717, 1.165) is 12.2 Å². The van der Waals surface area contributed by atoms with Crippen molar-refractivity contribution in [1.82, 2.24) is 9.55 Å². The minimum Gasteiger partial charge on any atom is -0.337 e. The molecule has 0 aromatic carbocycles. The van der Waals surface area contributed by atoms with E-state index in [4.69, 9.17) is 0 Å². The Labute approximate surface area is 67.6 Å². The SMILES string of the molecule is C=Cc1cn(CCCC)cn1. The lowest BCUT2D eigenvalue weighted by Gasteiger charge is -1.96. The molecule has 0 radical (unpaired) electrons. The first-order valence-electron chi connectivity index (χ1n) is 4.01. The van der Waals surface area contributed by atoms with Crippen LogP contribution in [0.1, 0.15) is 25.5 Å². The van der Waals surface area contributed by atoms with Crippen molar-refractivity contribution in [3.8, 4) is 0 Å². The van der Waals surface area contributed by atoms with Crippen LogP contribution in [0.5, 0.6) is 0 Å². The largest absolute Gasteiger partial charge is 0.337 e. The van der Waals surface area contributed by atoms with E-state index in [1.165, 1.54) is 12.8 Å². The van der Waals surface area contributed by atoms with Crippen molar-refractivity contribution >= 4 is 6.08 Å². The normalized spacial score (nSPS) is 9.91. The molecule has 0 bridgehead atoms. The zero-order valence-corrected chi connectivity index (χ0v) is 6.95. The molecular formula is C9H14N2. The maximum atomic E-state index is 4.13. The smallest absolute Gasteiger partial charge is 0.0953 e. The Morgan fingerprint density at radius 3 is 3.09 bits per heavy atom. The van der Waals surface area contributed by atoms with Crippen LogP contribution in [-0.4, -0.2) is 9.55 Å². The first-order chi connectivity index (χ1) is 5.36. The molecule has 1 rings (SSSR count). The maximum Gasteiger partial charge on any atom is 0.0953 e. The molecule has 0 atom stereocenters. The number of aromatic nitrogens is 2. The van der Waals surface area contributed by atoms with E-state index in [2.05, 4.69) is 23.1 Å². The summed E-state index contributed by atoms with van der Waals surface area (Å²) < 4.78 is 2.10. The molecule has 1 aromatic rings. The van der Waals surface area contributed by atoms with Crippen molar-refractivity contribution in [3.63, 3.8) is 0 Å². The van der Waals surface area contributed by atoms with Gasteiger partial charge in [0.05, 0.1) is 12.0 Å². The summed E-state index contributed by atoms with van der Waals surface area (Å²) >= 11 is 0. The van der Waals surface area contributed by atoms with Gasteiger partial charge in [-0.25, -0.2) is 4.98 Å². The Hall–Kier alpha value is -1.05. The van der Waals surface area contributed by atoms with Gasteiger partial charge in [0.15, 0.2) is 0 Å². The number of nitrogens with zero attached hydrogens (tertiary/aromatic N) is 2. The van der Waals surface area contributed by atoms with Crippen LogP contribution in [-0.2, 0) is 6.54 Å². The molecular weight excluding hydrogens is 136 g/mol. The van der Waals surface area contributed by atoms with E-state index in [0.29, 0.717) is 0 Å². The second-order valence-electron chi connectivity index (χ2n) is 2.59. The number of imidazole rings is 1. The highest BCUT2D eigenvalue weighted by molar-refractivity contribution is 5.39. The van der Waals surface area contributed by atoms with Gasteiger partial charge in [-0.1, -0.05) is 19.9 Å². The van der Waals surface area contributed by atoms with Gasteiger partial charge < -0.3 is 4.57 Å². The lowest BCUT2D eigenvalue weighted by Crippen LogP contribution is -1.92. The zero-order chi connectivity index (χ0) is 8.10. The molecule has 2 heteroatoms. The van der Waals surface area contributed by atoms with Gasteiger partial charge >= 0.3 is 0 Å². The molecule has 11 heavy (non-hydrogen) atoms. The Morgan fingerprint density at radius 2 is 2.55 bits per heavy atom. The summed E-state index contributed by atoms with van der Waals surface area (Å²) in [5.74, 6) is 0. The fraction of sp³-hybridized carbons (Fsp3) is 0.444. The van der Waals surface area contributed by atoms with Crippen molar-refractivity contribution in [2.24, 2.45) is 0 Å². The third-order valence-electron chi connectivity index (χ3n) is 1.63. The highest BCUT2D eigenvalue weighted by Crippen LogP contribution is 1.99. The first kappa shape index (κ1) is 8.05. The summed E-state index contributed by atoms with van der Waals surface area (Å²) in [6.45, 7) is 6.90. The van der Waals surface area contributed by atoms with Crippen molar-refractivity contribution in [3.05, 3.63) is 24.8 Å². The van der Waals surface area contributed by atoms with Gasteiger partial charge in [-0.3, -0.25) is 0 Å². The Bertz CT molecular complexity index is 225. The number of hydrogen-bond acceptors (Lipinski definition) is 1. The Balaban J connectivity index is 2.51. The highest BCUT2D eigenvalue weighted by atomic mass is 15.0. The van der Waals surface area contributed by atoms with Crippen LogP contribution in [0.4, 0.5) is 0 Å². The van der Waals surface area contributed by atoms with Crippen LogP contribution >= 0.6 is 0 Å². The molecule has 0 saturated carbocycles. The molecule has 0 fully saturated rings. The third kappa shape index (κ3) is 2.22. The Kier molecular flexibility index (Phi) is 2.90. The average Bonchev–Trinajstić information content (AvgIpc) is 2.48. The molecule has 0 saturated heterocycles. The van der Waals surface area contributed by atoms with Gasteiger partial charge in [-0.05, 0) is 12.5 Å². The van der Waals surface area contributed by atoms with Crippen LogP contribution in [0.25, 0.3) is 6.08 Å². The second kappa shape index (κ2) is 3.96. The van der Waals surface area contributed by atoms with E-state index in [1.807, 2.05) is 12.5 Å². The fourth-order valence-corrected chi connectivity index (χ4v) is 0.946. The van der Waals surface area contributed by atoms with Crippen LogP contribution in [0.15, 0.2) is 19.1 Å². The Morgan fingerprint density at radius 1 is 1.73 bits per heavy atom. The molecule has 2 nitrogen and oxygen atoms in total. The van der Waals surface area contributed by atoms with Gasteiger partial charge in [-0.2, -0.15) is 0 Å². The van der Waals surface area contributed by atoms with Crippen LogP contribution < -0.4 is 0 Å². The highest BCUT2D eigenvalue weighted by Gasteiger charge is 1.92. The van der Waals surface area contributed by atoms with Gasteiger partial charge in [0.2, 0.25) is 0 Å². The van der Waals surface area contributed by atoms with E-state index in [-0.39, 0.29) is 0 Å². The average molecular weight is 150 g/mol. The van der Waals surface area contributed by atoms with Gasteiger partial charge in [0, 0.05) is 12.7 Å². The predicted molar refractivity (Wildman–Crippen MR) is 47.2 cm³/mol. The van der Waals surface area contributed by atoms with Crippen molar-refractivity contribution in [1.29, 1.82) is 0 Å². The topological polar surface area (TPSA) is 17.8 Å². The second-order valence-corrected chi connectivity index (χ2v) is 2.59. The number of rotatable bonds is 4. The summed E-state index contributed by atoms with van der Waals surface area (Å²) in [5.41, 5.74) is 0.959. The summed E-state index contributed by atoms with van der Waals surface area (Å²) in [5, 5.41) is 0. The molecule has 60 valence electrons. The van der Waals surface area contributed by atoms with Crippen LogP contribution in [0.2, 0.25) is 0 Å². The number of hydrogen-bond donors (Lipinski definition) is 0. The lowest BCUT2D eigenvalue weighted by atomic mass is 10.3. The molecule has 1 heterocycles. The van der Waals surface area contributed by atoms with Crippen molar-refractivity contribution in [2.45, 2.75) is 26.3 Å². The van der Waals surface area contributed by atoms with Gasteiger partial charge in [-0.15, -0.1) is 0 Å². The molecule has 0 unspecified atom stereocenters. The number of unbranched alkanes of at least 4 members (excludes halogenated alkanes) is 1. The van der Waals surface area contributed by atoms with E-state index in [1.54, 1.807) is 6.08 Å². The standard InChI is InChI=1S/C9H14N2/c1-3-5-6-11-7-9(4-2)10-8-11/h4,7-8H,2-3,5-6H2,1H3. The molecule has 0 N–H and O–H groups in total. The maximum absolute atomic E-state index is 4.13. The zero-order valence-electron chi connectivity index (χ0n) is 6.95. The summed E-state index contributed by atoms with van der Waals surface area (Å²) in [6.07, 6.45) is 8.08. The fourth-order valence-electron chi connectivity index (χ4n) is 0.946.